The predicted octanol–water partition coefficient (Wildman–Crippen LogP) is 2.38. The zero-order valence-corrected chi connectivity index (χ0v) is 13.3. The molecule has 0 saturated carbocycles. The van der Waals surface area contributed by atoms with Crippen LogP contribution in [-0.4, -0.2) is 36.6 Å². The van der Waals surface area contributed by atoms with Crippen LogP contribution >= 0.6 is 0 Å². The molecule has 0 spiro atoms. The van der Waals surface area contributed by atoms with Crippen molar-refractivity contribution in [2.75, 3.05) is 24.6 Å². The Morgan fingerprint density at radius 2 is 2.12 bits per heavy atom. The lowest BCUT2D eigenvalue weighted by Gasteiger charge is -2.33. The second-order valence-electron chi connectivity index (χ2n) is 5.78. The van der Waals surface area contributed by atoms with Gasteiger partial charge in [0, 0.05) is 25.3 Å². The number of rotatable bonds is 5. The summed E-state index contributed by atoms with van der Waals surface area (Å²) in [5.41, 5.74) is 0. The van der Waals surface area contributed by atoms with Crippen LogP contribution in [0.2, 0.25) is 0 Å². The van der Waals surface area contributed by atoms with E-state index in [2.05, 4.69) is 15.2 Å². The number of pyridine rings is 1. The van der Waals surface area contributed by atoms with Gasteiger partial charge < -0.3 is 15.0 Å². The molecule has 1 saturated heterocycles. The molecular formula is C18H20FN3O2. The number of nitrogens with one attached hydrogen (secondary N) is 1. The monoisotopic (exact) mass is 329 g/mol. The first-order valence-electron chi connectivity index (χ1n) is 8.04. The largest absolute Gasteiger partial charge is 0.484 e. The summed E-state index contributed by atoms with van der Waals surface area (Å²) in [5, 5.41) is 2.99. The summed E-state index contributed by atoms with van der Waals surface area (Å²) in [7, 11) is 0. The number of carbonyl (C=O) groups is 1. The van der Waals surface area contributed by atoms with Crippen molar-refractivity contribution in [2.45, 2.75) is 18.9 Å². The number of ether oxygens (including phenoxy) is 1. The van der Waals surface area contributed by atoms with Crippen LogP contribution in [-0.2, 0) is 4.79 Å². The summed E-state index contributed by atoms with van der Waals surface area (Å²) in [4.78, 5) is 18.6. The quantitative estimate of drug-likeness (QED) is 0.915. The van der Waals surface area contributed by atoms with Gasteiger partial charge in [0.25, 0.3) is 5.91 Å². The fraction of sp³-hybridized carbons (Fsp3) is 0.333. The molecule has 24 heavy (non-hydrogen) atoms. The van der Waals surface area contributed by atoms with Gasteiger partial charge in [0.1, 0.15) is 17.4 Å². The molecule has 0 aliphatic carbocycles. The Morgan fingerprint density at radius 1 is 1.29 bits per heavy atom. The van der Waals surface area contributed by atoms with E-state index < -0.39 is 0 Å². The van der Waals surface area contributed by atoms with Crippen LogP contribution in [0, 0.1) is 5.82 Å². The summed E-state index contributed by atoms with van der Waals surface area (Å²) in [6.07, 6.45) is 3.71. The lowest BCUT2D eigenvalue weighted by molar-refractivity contribution is -0.123. The SMILES string of the molecule is O=C(COc1ccc(F)cc1)N[C@H]1CCCN(c2ccccn2)C1. The second-order valence-corrected chi connectivity index (χ2v) is 5.78. The van der Waals surface area contributed by atoms with E-state index in [0.29, 0.717) is 5.75 Å². The molecule has 1 aromatic carbocycles. The number of hydrogen-bond donors (Lipinski definition) is 1. The molecule has 0 bridgehead atoms. The summed E-state index contributed by atoms with van der Waals surface area (Å²) < 4.78 is 18.2. The maximum absolute atomic E-state index is 12.8. The van der Waals surface area contributed by atoms with Crippen molar-refractivity contribution in [3.8, 4) is 5.75 Å². The molecule has 6 heteroatoms. The fourth-order valence-electron chi connectivity index (χ4n) is 2.79. The normalized spacial score (nSPS) is 17.4. The Kier molecular flexibility index (Phi) is 5.25. The average molecular weight is 329 g/mol. The summed E-state index contributed by atoms with van der Waals surface area (Å²) in [6, 6.07) is 11.5. The number of piperidine rings is 1. The lowest BCUT2D eigenvalue weighted by Crippen LogP contribution is -2.49. The molecule has 1 amide bonds. The van der Waals surface area contributed by atoms with Crippen molar-refractivity contribution in [3.05, 3.63) is 54.5 Å². The van der Waals surface area contributed by atoms with Gasteiger partial charge in [-0.25, -0.2) is 9.37 Å². The highest BCUT2D eigenvalue weighted by Gasteiger charge is 2.22. The molecule has 1 N–H and O–H groups in total. The van der Waals surface area contributed by atoms with Gasteiger partial charge in [0.2, 0.25) is 0 Å². The Labute approximate surface area is 140 Å². The molecule has 1 fully saturated rings. The van der Waals surface area contributed by atoms with E-state index in [1.807, 2.05) is 18.2 Å². The molecular weight excluding hydrogens is 309 g/mol. The van der Waals surface area contributed by atoms with E-state index in [1.165, 1.54) is 24.3 Å². The first kappa shape index (κ1) is 16.2. The van der Waals surface area contributed by atoms with Crippen LogP contribution in [0.3, 0.4) is 0 Å². The molecule has 1 aliphatic heterocycles. The maximum Gasteiger partial charge on any atom is 0.258 e. The van der Waals surface area contributed by atoms with Crippen LogP contribution < -0.4 is 15.0 Å². The van der Waals surface area contributed by atoms with Crippen molar-refractivity contribution in [3.63, 3.8) is 0 Å². The van der Waals surface area contributed by atoms with E-state index in [4.69, 9.17) is 4.74 Å². The van der Waals surface area contributed by atoms with E-state index in [-0.39, 0.29) is 24.4 Å². The second kappa shape index (κ2) is 7.77. The number of hydrogen-bond acceptors (Lipinski definition) is 4. The minimum atomic E-state index is -0.330. The Balaban J connectivity index is 1.48. The van der Waals surface area contributed by atoms with Gasteiger partial charge in [-0.3, -0.25) is 4.79 Å². The van der Waals surface area contributed by atoms with E-state index in [1.54, 1.807) is 6.20 Å². The summed E-state index contributed by atoms with van der Waals surface area (Å²) in [6.45, 7) is 1.60. The van der Waals surface area contributed by atoms with E-state index in [0.717, 1.165) is 31.7 Å². The average Bonchev–Trinajstić information content (AvgIpc) is 2.62. The first-order chi connectivity index (χ1) is 11.7. The highest BCUT2D eigenvalue weighted by Crippen LogP contribution is 2.17. The first-order valence-corrected chi connectivity index (χ1v) is 8.04. The van der Waals surface area contributed by atoms with Crippen LogP contribution in [0.15, 0.2) is 48.7 Å². The third-order valence-corrected chi connectivity index (χ3v) is 3.94. The number of halogens is 1. The van der Waals surface area contributed by atoms with Gasteiger partial charge in [-0.1, -0.05) is 6.07 Å². The maximum atomic E-state index is 12.8. The molecule has 2 heterocycles. The van der Waals surface area contributed by atoms with Gasteiger partial charge >= 0.3 is 0 Å². The topological polar surface area (TPSA) is 54.5 Å². The molecule has 3 rings (SSSR count). The number of benzene rings is 1. The van der Waals surface area contributed by atoms with Gasteiger partial charge in [0.15, 0.2) is 6.61 Å². The van der Waals surface area contributed by atoms with Crippen molar-refractivity contribution < 1.29 is 13.9 Å². The standard InChI is InChI=1S/C18H20FN3O2/c19-14-6-8-16(9-7-14)24-13-18(23)21-15-4-3-11-22(12-15)17-5-1-2-10-20-17/h1-2,5-10,15H,3-4,11-13H2,(H,21,23)/t15-/m0/s1. The molecule has 1 aromatic heterocycles. The third kappa shape index (κ3) is 4.44. The number of nitrogens with zero attached hydrogens (tertiary/aromatic N) is 2. The van der Waals surface area contributed by atoms with Gasteiger partial charge in [0.05, 0.1) is 0 Å². The van der Waals surface area contributed by atoms with Crippen molar-refractivity contribution in [2.24, 2.45) is 0 Å². The van der Waals surface area contributed by atoms with Crippen molar-refractivity contribution in [1.82, 2.24) is 10.3 Å². The Hall–Kier alpha value is -2.63. The highest BCUT2D eigenvalue weighted by molar-refractivity contribution is 5.78. The molecule has 1 atom stereocenters. The molecule has 126 valence electrons. The minimum absolute atomic E-state index is 0.0741. The van der Waals surface area contributed by atoms with Gasteiger partial charge in [-0.2, -0.15) is 0 Å². The van der Waals surface area contributed by atoms with Crippen LogP contribution in [0.25, 0.3) is 0 Å². The molecule has 0 unspecified atom stereocenters. The number of anilines is 1. The highest BCUT2D eigenvalue weighted by atomic mass is 19.1. The predicted molar refractivity (Wildman–Crippen MR) is 89.5 cm³/mol. The van der Waals surface area contributed by atoms with Crippen molar-refractivity contribution >= 4 is 11.7 Å². The Morgan fingerprint density at radius 3 is 2.88 bits per heavy atom. The smallest absolute Gasteiger partial charge is 0.258 e. The van der Waals surface area contributed by atoms with Gasteiger partial charge in [-0.15, -0.1) is 0 Å². The van der Waals surface area contributed by atoms with Gasteiger partial charge in [-0.05, 0) is 49.2 Å². The lowest BCUT2D eigenvalue weighted by atomic mass is 10.1. The molecule has 1 aliphatic rings. The van der Waals surface area contributed by atoms with Crippen molar-refractivity contribution in [1.29, 1.82) is 0 Å². The summed E-state index contributed by atoms with van der Waals surface area (Å²) >= 11 is 0. The molecule has 0 radical (unpaired) electrons. The zero-order valence-electron chi connectivity index (χ0n) is 13.3. The zero-order chi connectivity index (χ0) is 16.8. The Bertz CT molecular complexity index is 664. The van der Waals surface area contributed by atoms with E-state index in [9.17, 15) is 9.18 Å². The van der Waals surface area contributed by atoms with Crippen LogP contribution in [0.5, 0.6) is 5.75 Å². The van der Waals surface area contributed by atoms with Crippen LogP contribution in [0.4, 0.5) is 10.2 Å². The number of carbonyl (C=O) groups excluding carboxylic acids is 1. The fourth-order valence-corrected chi connectivity index (χ4v) is 2.79. The number of aromatic nitrogens is 1. The minimum Gasteiger partial charge on any atom is -0.484 e. The molecule has 5 nitrogen and oxygen atoms in total. The van der Waals surface area contributed by atoms with Crippen LogP contribution in [0.1, 0.15) is 12.8 Å². The molecule has 2 aromatic rings. The number of amides is 1. The third-order valence-electron chi connectivity index (χ3n) is 3.94. The van der Waals surface area contributed by atoms with E-state index >= 15 is 0 Å². The summed E-state index contributed by atoms with van der Waals surface area (Å²) in [5.74, 6) is 0.903.